The average Bonchev–Trinajstić information content (AvgIpc) is 3.15. The largest absolute Gasteiger partial charge is 0.426 e. The predicted octanol–water partition coefficient (Wildman–Crippen LogP) is 5.15. The molecule has 9 nitrogen and oxygen atoms in total. The van der Waals surface area contributed by atoms with E-state index in [1.54, 1.807) is 61.5 Å². The second kappa shape index (κ2) is 9.26. The van der Waals surface area contributed by atoms with Crippen molar-refractivity contribution >= 4 is 40.1 Å². The van der Waals surface area contributed by atoms with Gasteiger partial charge >= 0.3 is 0 Å². The van der Waals surface area contributed by atoms with Crippen molar-refractivity contribution in [3.63, 3.8) is 0 Å². The third-order valence-corrected chi connectivity index (χ3v) is 5.35. The lowest BCUT2D eigenvalue weighted by Crippen LogP contribution is -2.14. The number of aromatic nitrogens is 2. The monoisotopic (exact) mass is 474 g/mol. The number of carbonyl (C=O) groups excluding carboxylic acids is 1. The summed E-state index contributed by atoms with van der Waals surface area (Å²) in [6.45, 7) is 3.59. The number of nitrogens with one attached hydrogen (secondary N) is 1. The first kappa shape index (κ1) is 23.4. The lowest BCUT2D eigenvalue weighted by Gasteiger charge is -2.12. The van der Waals surface area contributed by atoms with E-state index in [-0.39, 0.29) is 22.6 Å². The Morgan fingerprint density at radius 1 is 1.20 bits per heavy atom. The number of benzene rings is 3. The van der Waals surface area contributed by atoms with E-state index in [0.717, 1.165) is 4.73 Å². The molecule has 1 heterocycles. The van der Waals surface area contributed by atoms with E-state index >= 15 is 0 Å². The van der Waals surface area contributed by atoms with Gasteiger partial charge in [-0.3, -0.25) is 14.9 Å². The van der Waals surface area contributed by atoms with Gasteiger partial charge in [0.05, 0.1) is 16.0 Å². The van der Waals surface area contributed by atoms with Crippen LogP contribution in [-0.2, 0) is 0 Å². The molecule has 0 saturated carbocycles. The second-order valence-electron chi connectivity index (χ2n) is 7.90. The van der Waals surface area contributed by atoms with Gasteiger partial charge in [-0.05, 0) is 55.0 Å². The number of halogens is 1. The maximum Gasteiger partial charge on any atom is 0.294 e. The lowest BCUT2D eigenvalue weighted by molar-refractivity contribution is -0.384. The molecule has 1 amide bonds. The van der Waals surface area contributed by atoms with Gasteiger partial charge in [-0.25, -0.2) is 9.37 Å². The van der Waals surface area contributed by atoms with E-state index in [0.29, 0.717) is 28.0 Å². The molecule has 4 aromatic rings. The minimum atomic E-state index is -0.652. The molecule has 4 rings (SSSR count). The Labute approximate surface area is 199 Å². The number of nitro benzene ring substituents is 1. The smallest absolute Gasteiger partial charge is 0.294 e. The molecule has 1 radical (unpaired) electrons. The summed E-state index contributed by atoms with van der Waals surface area (Å²) in [4.78, 5) is 29.5. The average molecular weight is 474 g/mol. The Hall–Kier alpha value is -4.73. The van der Waals surface area contributed by atoms with Crippen LogP contribution in [0.15, 0.2) is 60.7 Å². The first-order valence-electron chi connectivity index (χ1n) is 10.4. The highest BCUT2D eigenvalue weighted by Crippen LogP contribution is 2.34. The van der Waals surface area contributed by atoms with Crippen LogP contribution in [0.3, 0.4) is 0 Å². The molecule has 177 valence electrons. The van der Waals surface area contributed by atoms with E-state index in [1.165, 1.54) is 24.3 Å². The van der Waals surface area contributed by atoms with E-state index in [4.69, 9.17) is 0 Å². The van der Waals surface area contributed by atoms with Crippen LogP contribution in [0.5, 0.6) is 0 Å². The Balaban J connectivity index is 1.63. The Morgan fingerprint density at radius 3 is 2.54 bits per heavy atom. The number of hydrogen-bond donors (Lipinski definition) is 2. The van der Waals surface area contributed by atoms with Gasteiger partial charge in [0.2, 0.25) is 0 Å². The highest BCUT2D eigenvalue weighted by Gasteiger charge is 2.22. The maximum atomic E-state index is 14.2. The standard InChI is InChI=1S/C25H21FN5O4/c1-4-5-15-6-11-19(26)18(12-15)25(32)27-17-9-7-16(8-10-17)24-28-20-13-22(29(2)3)23(31(34)35)14-21(20)30(24)33/h4-14,33H,1H2,2-3H3,(H,27,32). The van der Waals surface area contributed by atoms with Crippen molar-refractivity contribution in [2.24, 2.45) is 0 Å². The predicted molar refractivity (Wildman–Crippen MR) is 132 cm³/mol. The van der Waals surface area contributed by atoms with Gasteiger partial charge in [0.25, 0.3) is 11.6 Å². The fourth-order valence-electron chi connectivity index (χ4n) is 3.64. The van der Waals surface area contributed by atoms with Crippen LogP contribution in [-0.4, -0.2) is 39.8 Å². The van der Waals surface area contributed by atoms with Crippen molar-refractivity contribution in [1.29, 1.82) is 0 Å². The number of imidazole rings is 1. The summed E-state index contributed by atoms with van der Waals surface area (Å²) in [6.07, 6.45) is 3.20. The molecule has 0 saturated heterocycles. The second-order valence-corrected chi connectivity index (χ2v) is 7.90. The topological polar surface area (TPSA) is 114 Å². The van der Waals surface area contributed by atoms with Gasteiger partial charge in [-0.2, -0.15) is 4.73 Å². The quantitative estimate of drug-likeness (QED) is 0.227. The maximum absolute atomic E-state index is 14.2. The summed E-state index contributed by atoms with van der Waals surface area (Å²) in [5, 5.41) is 24.7. The molecular weight excluding hydrogens is 453 g/mol. The molecular formula is C25H21FN5O4. The summed E-state index contributed by atoms with van der Waals surface area (Å²) >= 11 is 0. The van der Waals surface area contributed by atoms with Crippen LogP contribution in [0, 0.1) is 22.9 Å². The third-order valence-electron chi connectivity index (χ3n) is 5.35. The lowest BCUT2D eigenvalue weighted by atomic mass is 10.1. The molecule has 0 spiro atoms. The van der Waals surface area contributed by atoms with Crippen molar-refractivity contribution in [3.8, 4) is 11.4 Å². The van der Waals surface area contributed by atoms with Crippen LogP contribution in [0.1, 0.15) is 15.9 Å². The van der Waals surface area contributed by atoms with Crippen LogP contribution in [0.4, 0.5) is 21.5 Å². The van der Waals surface area contributed by atoms with E-state index in [1.807, 2.05) is 0 Å². The van der Waals surface area contributed by atoms with Crippen LogP contribution >= 0.6 is 0 Å². The number of allylic oxidation sites excluding steroid dienone is 1. The number of fused-ring (bicyclic) bond motifs is 1. The Kier molecular flexibility index (Phi) is 6.20. The van der Waals surface area contributed by atoms with E-state index in [2.05, 4.69) is 17.2 Å². The Bertz CT molecular complexity index is 1480. The van der Waals surface area contributed by atoms with Gasteiger partial charge < -0.3 is 15.4 Å². The van der Waals surface area contributed by atoms with Crippen molar-refractivity contribution < 1.29 is 19.3 Å². The minimum Gasteiger partial charge on any atom is -0.426 e. The SMILES string of the molecule is [CH2]C=Cc1ccc(F)c(C(=O)Nc2ccc(-c3nc4cc(N(C)C)c([N+](=O)[O-])cc4n3O)cc2)c1. The van der Waals surface area contributed by atoms with Crippen LogP contribution < -0.4 is 10.2 Å². The zero-order chi connectivity index (χ0) is 25.3. The number of anilines is 2. The molecule has 0 aliphatic carbocycles. The molecule has 0 bridgehead atoms. The number of amides is 1. The van der Waals surface area contributed by atoms with Gasteiger partial charge in [0, 0.05) is 31.4 Å². The first-order valence-corrected chi connectivity index (χ1v) is 10.4. The van der Waals surface area contributed by atoms with Crippen LogP contribution in [0.2, 0.25) is 0 Å². The summed E-state index contributed by atoms with van der Waals surface area (Å²) in [5.74, 6) is -1.10. The van der Waals surface area contributed by atoms with Crippen LogP contribution in [0.25, 0.3) is 28.5 Å². The zero-order valence-corrected chi connectivity index (χ0v) is 18.9. The van der Waals surface area contributed by atoms with E-state index < -0.39 is 16.6 Å². The molecule has 0 aliphatic heterocycles. The van der Waals surface area contributed by atoms with Gasteiger partial charge in [0.15, 0.2) is 5.82 Å². The summed E-state index contributed by atoms with van der Waals surface area (Å²) in [6, 6.07) is 13.4. The van der Waals surface area contributed by atoms with Crippen molar-refractivity contribution in [2.45, 2.75) is 0 Å². The number of nitro groups is 1. The molecule has 0 aliphatic rings. The fourth-order valence-corrected chi connectivity index (χ4v) is 3.64. The number of carbonyl (C=O) groups is 1. The van der Waals surface area contributed by atoms with Crippen molar-refractivity contribution in [1.82, 2.24) is 9.71 Å². The summed E-state index contributed by atoms with van der Waals surface area (Å²) in [7, 11) is 3.36. The molecule has 2 N–H and O–H groups in total. The van der Waals surface area contributed by atoms with Crippen molar-refractivity contribution in [2.75, 3.05) is 24.3 Å². The fraction of sp³-hybridized carbons (Fsp3) is 0.0800. The Morgan fingerprint density at radius 2 is 1.91 bits per heavy atom. The normalized spacial score (nSPS) is 11.2. The molecule has 35 heavy (non-hydrogen) atoms. The first-order chi connectivity index (χ1) is 16.7. The number of hydrogen-bond acceptors (Lipinski definition) is 6. The molecule has 0 unspecified atom stereocenters. The third kappa shape index (κ3) is 4.54. The highest BCUT2D eigenvalue weighted by atomic mass is 19.1. The molecule has 0 fully saturated rings. The highest BCUT2D eigenvalue weighted by molar-refractivity contribution is 6.05. The van der Waals surface area contributed by atoms with E-state index in [9.17, 15) is 24.5 Å². The number of nitrogens with zero attached hydrogens (tertiary/aromatic N) is 4. The number of rotatable bonds is 6. The van der Waals surface area contributed by atoms with Gasteiger partial charge in [-0.15, -0.1) is 0 Å². The van der Waals surface area contributed by atoms with Gasteiger partial charge in [-0.1, -0.05) is 18.2 Å². The van der Waals surface area contributed by atoms with Gasteiger partial charge in [0.1, 0.15) is 17.0 Å². The summed E-state index contributed by atoms with van der Waals surface area (Å²) < 4.78 is 15.0. The molecule has 1 aromatic heterocycles. The summed E-state index contributed by atoms with van der Waals surface area (Å²) in [5.41, 5.74) is 2.19. The minimum absolute atomic E-state index is 0.111. The molecule has 0 atom stereocenters. The molecule has 3 aromatic carbocycles. The van der Waals surface area contributed by atoms with Crippen molar-refractivity contribution in [3.05, 3.63) is 94.7 Å². The molecule has 10 heteroatoms. The zero-order valence-electron chi connectivity index (χ0n) is 18.9.